The van der Waals surface area contributed by atoms with E-state index >= 15 is 0 Å². The molecule has 2 aliphatic rings. The van der Waals surface area contributed by atoms with Crippen molar-refractivity contribution in [2.24, 2.45) is 16.7 Å². The van der Waals surface area contributed by atoms with Crippen LogP contribution in [0.3, 0.4) is 0 Å². The highest BCUT2D eigenvalue weighted by Gasteiger charge is 2.59. The lowest BCUT2D eigenvalue weighted by atomic mass is 9.66. The summed E-state index contributed by atoms with van der Waals surface area (Å²) < 4.78 is 0. The highest BCUT2D eigenvalue weighted by Crippen LogP contribution is 2.69. The average molecular weight is 178 g/mol. The summed E-state index contributed by atoms with van der Waals surface area (Å²) in [5, 5.41) is 0. The van der Waals surface area contributed by atoms with Crippen LogP contribution in [-0.4, -0.2) is 0 Å². The minimum absolute atomic E-state index is 0.573. The number of hydrogen-bond acceptors (Lipinski definition) is 0. The monoisotopic (exact) mass is 178 g/mol. The largest absolute Gasteiger partial charge is 0.0879 e. The zero-order valence-corrected chi connectivity index (χ0v) is 9.48. The van der Waals surface area contributed by atoms with Crippen LogP contribution < -0.4 is 0 Å². The molecule has 0 saturated heterocycles. The normalized spacial score (nSPS) is 44.6. The first-order chi connectivity index (χ1) is 6.08. The lowest BCUT2D eigenvalue weighted by molar-refractivity contribution is 0.153. The van der Waals surface area contributed by atoms with Crippen LogP contribution >= 0.6 is 0 Å². The Hall–Kier alpha value is -0.260. The van der Waals surface area contributed by atoms with Crippen LogP contribution in [0.1, 0.15) is 53.4 Å². The smallest absolute Gasteiger partial charge is 0.00367 e. The summed E-state index contributed by atoms with van der Waals surface area (Å²) in [6, 6.07) is 0. The first-order valence-corrected chi connectivity index (χ1v) is 5.74. The Kier molecular flexibility index (Phi) is 1.87. The fourth-order valence-electron chi connectivity index (χ4n) is 4.14. The maximum atomic E-state index is 2.49. The molecule has 0 aromatic carbocycles. The molecule has 2 unspecified atom stereocenters. The Labute approximate surface area is 82.4 Å². The summed E-state index contributed by atoms with van der Waals surface area (Å²) in [6.45, 7) is 9.58. The number of allylic oxidation sites excluding steroid dienone is 2. The topological polar surface area (TPSA) is 0 Å². The minimum Gasteiger partial charge on any atom is -0.0879 e. The van der Waals surface area contributed by atoms with Gasteiger partial charge in [-0.15, -0.1) is 0 Å². The van der Waals surface area contributed by atoms with Gasteiger partial charge in [0, 0.05) is 0 Å². The van der Waals surface area contributed by atoms with E-state index in [4.69, 9.17) is 0 Å². The molecular formula is C13H22. The third-order valence-electron chi connectivity index (χ3n) is 5.21. The van der Waals surface area contributed by atoms with Crippen LogP contribution in [0, 0.1) is 16.7 Å². The first-order valence-electron chi connectivity index (χ1n) is 5.74. The Morgan fingerprint density at radius 2 is 2.15 bits per heavy atom. The molecule has 2 aliphatic carbocycles. The molecule has 2 rings (SSSR count). The zero-order chi connectivity index (χ0) is 9.69. The van der Waals surface area contributed by atoms with Gasteiger partial charge in [0.05, 0.1) is 0 Å². The molecule has 2 bridgehead atoms. The molecule has 0 radical (unpaired) electrons. The standard InChI is InChI=1S/C13H22/c1-5-10-9-11-7-8-13(10,6-2)12(11,3)4/h5,11H,6-9H2,1-4H3/b10-5+. The van der Waals surface area contributed by atoms with Crippen LogP contribution in [0.5, 0.6) is 0 Å². The molecule has 0 amide bonds. The van der Waals surface area contributed by atoms with Crippen molar-refractivity contribution in [1.82, 2.24) is 0 Å². The fraction of sp³-hybridized carbons (Fsp3) is 0.846. The van der Waals surface area contributed by atoms with Gasteiger partial charge in [-0.25, -0.2) is 0 Å². The summed E-state index contributed by atoms with van der Waals surface area (Å²) in [5.74, 6) is 0.971. The minimum atomic E-state index is 0.573. The second-order valence-electron chi connectivity index (χ2n) is 5.41. The molecule has 0 heteroatoms. The van der Waals surface area contributed by atoms with E-state index in [1.165, 1.54) is 25.7 Å². The Bertz CT molecular complexity index is 247. The van der Waals surface area contributed by atoms with Crippen molar-refractivity contribution >= 4 is 0 Å². The summed E-state index contributed by atoms with van der Waals surface area (Å²) >= 11 is 0. The molecule has 2 fully saturated rings. The maximum Gasteiger partial charge on any atom is -0.00367 e. The van der Waals surface area contributed by atoms with E-state index in [0.717, 1.165) is 5.92 Å². The zero-order valence-electron chi connectivity index (χ0n) is 9.48. The van der Waals surface area contributed by atoms with Gasteiger partial charge in [0.25, 0.3) is 0 Å². The molecule has 0 N–H and O–H groups in total. The highest BCUT2D eigenvalue weighted by molar-refractivity contribution is 5.29. The summed E-state index contributed by atoms with van der Waals surface area (Å²) in [7, 11) is 0. The molecule has 0 aromatic heterocycles. The maximum absolute atomic E-state index is 2.49. The van der Waals surface area contributed by atoms with Crippen molar-refractivity contribution in [1.29, 1.82) is 0 Å². The van der Waals surface area contributed by atoms with Crippen molar-refractivity contribution < 1.29 is 0 Å². The predicted molar refractivity (Wildman–Crippen MR) is 57.6 cm³/mol. The molecule has 0 aliphatic heterocycles. The van der Waals surface area contributed by atoms with Crippen molar-refractivity contribution in [3.05, 3.63) is 11.6 Å². The summed E-state index contributed by atoms with van der Waals surface area (Å²) in [4.78, 5) is 0. The van der Waals surface area contributed by atoms with E-state index in [2.05, 4.69) is 33.8 Å². The van der Waals surface area contributed by atoms with Crippen molar-refractivity contribution in [2.45, 2.75) is 53.4 Å². The SMILES string of the molecule is C/C=C1\CC2CCC1(CC)C2(C)C. The third kappa shape index (κ3) is 0.872. The van der Waals surface area contributed by atoms with E-state index in [9.17, 15) is 0 Å². The van der Waals surface area contributed by atoms with Gasteiger partial charge in [0.15, 0.2) is 0 Å². The molecule has 0 nitrogen and oxygen atoms in total. The van der Waals surface area contributed by atoms with Crippen LogP contribution in [0.4, 0.5) is 0 Å². The average Bonchev–Trinajstić information content (AvgIpc) is 2.50. The van der Waals surface area contributed by atoms with Gasteiger partial charge in [0.1, 0.15) is 0 Å². The van der Waals surface area contributed by atoms with Gasteiger partial charge < -0.3 is 0 Å². The van der Waals surface area contributed by atoms with Gasteiger partial charge in [-0.2, -0.15) is 0 Å². The van der Waals surface area contributed by atoms with Gasteiger partial charge in [-0.1, -0.05) is 32.4 Å². The van der Waals surface area contributed by atoms with Gasteiger partial charge >= 0.3 is 0 Å². The number of rotatable bonds is 1. The van der Waals surface area contributed by atoms with E-state index in [1.807, 2.05) is 0 Å². The Morgan fingerprint density at radius 1 is 1.46 bits per heavy atom. The molecule has 13 heavy (non-hydrogen) atoms. The van der Waals surface area contributed by atoms with Crippen molar-refractivity contribution in [3.8, 4) is 0 Å². The summed E-state index contributed by atoms with van der Waals surface area (Å²) in [5.41, 5.74) is 2.91. The number of fused-ring (bicyclic) bond motifs is 2. The molecule has 0 spiro atoms. The second kappa shape index (κ2) is 2.62. The van der Waals surface area contributed by atoms with E-state index in [0.29, 0.717) is 10.8 Å². The van der Waals surface area contributed by atoms with Crippen LogP contribution in [0.25, 0.3) is 0 Å². The van der Waals surface area contributed by atoms with E-state index < -0.39 is 0 Å². The molecule has 0 heterocycles. The Morgan fingerprint density at radius 3 is 2.54 bits per heavy atom. The quantitative estimate of drug-likeness (QED) is 0.529. The Balaban J connectivity index is 2.47. The first kappa shape index (κ1) is 9.30. The molecule has 2 atom stereocenters. The predicted octanol–water partition coefficient (Wildman–Crippen LogP) is 4.17. The third-order valence-corrected chi connectivity index (χ3v) is 5.21. The molecule has 2 saturated carbocycles. The van der Waals surface area contributed by atoms with E-state index in [-0.39, 0.29) is 0 Å². The van der Waals surface area contributed by atoms with Crippen LogP contribution in [-0.2, 0) is 0 Å². The van der Waals surface area contributed by atoms with Gasteiger partial charge in [0.2, 0.25) is 0 Å². The number of hydrogen-bond donors (Lipinski definition) is 0. The van der Waals surface area contributed by atoms with Crippen molar-refractivity contribution in [3.63, 3.8) is 0 Å². The van der Waals surface area contributed by atoms with Crippen LogP contribution in [0.15, 0.2) is 11.6 Å². The van der Waals surface area contributed by atoms with Gasteiger partial charge in [-0.05, 0) is 49.4 Å². The van der Waals surface area contributed by atoms with Crippen molar-refractivity contribution in [2.75, 3.05) is 0 Å². The summed E-state index contributed by atoms with van der Waals surface area (Å²) in [6.07, 6.45) is 8.04. The molecule has 74 valence electrons. The van der Waals surface area contributed by atoms with Gasteiger partial charge in [-0.3, -0.25) is 0 Å². The molecular weight excluding hydrogens is 156 g/mol. The van der Waals surface area contributed by atoms with Crippen LogP contribution in [0.2, 0.25) is 0 Å². The van der Waals surface area contributed by atoms with E-state index in [1.54, 1.807) is 5.57 Å². The second-order valence-corrected chi connectivity index (χ2v) is 5.41. The molecule has 0 aromatic rings. The fourth-order valence-corrected chi connectivity index (χ4v) is 4.14. The lowest BCUT2D eigenvalue weighted by Gasteiger charge is -2.38. The lowest BCUT2D eigenvalue weighted by Crippen LogP contribution is -2.30. The highest BCUT2D eigenvalue weighted by atomic mass is 14.6.